The van der Waals surface area contributed by atoms with E-state index in [4.69, 9.17) is 4.74 Å². The second kappa shape index (κ2) is 5.71. The van der Waals surface area contributed by atoms with Crippen molar-refractivity contribution in [3.8, 4) is 0 Å². The molecule has 3 heteroatoms. The van der Waals surface area contributed by atoms with Crippen LogP contribution in [0.1, 0.15) is 19.4 Å². The van der Waals surface area contributed by atoms with Gasteiger partial charge in [0.05, 0.1) is 6.61 Å². The van der Waals surface area contributed by atoms with Crippen molar-refractivity contribution < 1.29 is 9.13 Å². The number of rotatable bonds is 5. The van der Waals surface area contributed by atoms with Gasteiger partial charge >= 0.3 is 0 Å². The minimum absolute atomic E-state index is 0.186. The summed E-state index contributed by atoms with van der Waals surface area (Å²) in [6.07, 6.45) is 0. The molecule has 0 radical (unpaired) electrons. The predicted molar refractivity (Wildman–Crippen MR) is 60.7 cm³/mol. The number of anilines is 1. The van der Waals surface area contributed by atoms with Gasteiger partial charge in [0.25, 0.3) is 0 Å². The van der Waals surface area contributed by atoms with Crippen LogP contribution in [0, 0.1) is 12.7 Å². The van der Waals surface area contributed by atoms with Crippen LogP contribution in [0.5, 0.6) is 0 Å². The van der Waals surface area contributed by atoms with Crippen LogP contribution >= 0.6 is 0 Å². The molecule has 1 unspecified atom stereocenters. The van der Waals surface area contributed by atoms with Crippen LogP contribution in [-0.2, 0) is 4.74 Å². The molecule has 1 aromatic rings. The van der Waals surface area contributed by atoms with Gasteiger partial charge in [-0.25, -0.2) is 4.39 Å². The molecular formula is C12H18FNO. The molecule has 0 saturated heterocycles. The van der Waals surface area contributed by atoms with Gasteiger partial charge in [-0.2, -0.15) is 0 Å². The number of hydrogen-bond donors (Lipinski definition) is 1. The Morgan fingerprint density at radius 1 is 1.40 bits per heavy atom. The van der Waals surface area contributed by atoms with Crippen LogP contribution in [0.25, 0.3) is 0 Å². The fraction of sp³-hybridized carbons (Fsp3) is 0.500. The molecule has 1 N–H and O–H groups in total. The molecule has 0 aliphatic rings. The van der Waals surface area contributed by atoms with Gasteiger partial charge in [0, 0.05) is 18.3 Å². The standard InChI is InChI=1S/C12H18FNO/c1-4-15-8-10(3)14-12-6-9(2)5-11(13)7-12/h5-7,10,14H,4,8H2,1-3H3. The van der Waals surface area contributed by atoms with Crippen molar-refractivity contribution in [2.75, 3.05) is 18.5 Å². The van der Waals surface area contributed by atoms with E-state index in [0.29, 0.717) is 13.2 Å². The monoisotopic (exact) mass is 211 g/mol. The summed E-state index contributed by atoms with van der Waals surface area (Å²) in [5.41, 5.74) is 1.72. The minimum Gasteiger partial charge on any atom is -0.380 e. The molecule has 84 valence electrons. The number of nitrogens with one attached hydrogen (secondary N) is 1. The van der Waals surface area contributed by atoms with E-state index in [1.54, 1.807) is 0 Å². The summed E-state index contributed by atoms with van der Waals surface area (Å²) in [6.45, 7) is 7.18. The molecular weight excluding hydrogens is 193 g/mol. The number of ether oxygens (including phenoxy) is 1. The highest BCUT2D eigenvalue weighted by molar-refractivity contribution is 5.46. The Morgan fingerprint density at radius 2 is 2.13 bits per heavy atom. The second-order valence-corrected chi connectivity index (χ2v) is 3.72. The molecule has 15 heavy (non-hydrogen) atoms. The van der Waals surface area contributed by atoms with Crippen LogP contribution in [-0.4, -0.2) is 19.3 Å². The molecule has 2 nitrogen and oxygen atoms in total. The van der Waals surface area contributed by atoms with Crippen molar-refractivity contribution in [2.24, 2.45) is 0 Å². The van der Waals surface area contributed by atoms with Crippen LogP contribution < -0.4 is 5.32 Å². The highest BCUT2D eigenvalue weighted by atomic mass is 19.1. The molecule has 0 saturated carbocycles. The lowest BCUT2D eigenvalue weighted by atomic mass is 10.2. The Hall–Kier alpha value is -1.09. The van der Waals surface area contributed by atoms with Crippen LogP contribution in [0.15, 0.2) is 18.2 Å². The zero-order valence-electron chi connectivity index (χ0n) is 9.51. The van der Waals surface area contributed by atoms with E-state index in [-0.39, 0.29) is 11.9 Å². The van der Waals surface area contributed by atoms with Gasteiger partial charge in [-0.05, 0) is 44.5 Å². The number of aryl methyl sites for hydroxylation is 1. The van der Waals surface area contributed by atoms with E-state index in [1.807, 2.05) is 26.8 Å². The largest absolute Gasteiger partial charge is 0.380 e. The summed E-state index contributed by atoms with van der Waals surface area (Å²) in [7, 11) is 0. The van der Waals surface area contributed by atoms with E-state index >= 15 is 0 Å². The summed E-state index contributed by atoms with van der Waals surface area (Å²) in [5.74, 6) is -0.207. The highest BCUT2D eigenvalue weighted by Crippen LogP contribution is 2.14. The smallest absolute Gasteiger partial charge is 0.125 e. The first kappa shape index (κ1) is 12.0. The average Bonchev–Trinajstić information content (AvgIpc) is 2.13. The number of hydrogen-bond acceptors (Lipinski definition) is 2. The van der Waals surface area contributed by atoms with E-state index in [9.17, 15) is 4.39 Å². The van der Waals surface area contributed by atoms with Crippen LogP contribution in [0.4, 0.5) is 10.1 Å². The van der Waals surface area contributed by atoms with Crippen molar-refractivity contribution in [2.45, 2.75) is 26.8 Å². The third-order valence-corrected chi connectivity index (χ3v) is 2.03. The summed E-state index contributed by atoms with van der Waals surface area (Å²) < 4.78 is 18.3. The SMILES string of the molecule is CCOCC(C)Nc1cc(C)cc(F)c1. The maximum absolute atomic E-state index is 13.1. The topological polar surface area (TPSA) is 21.3 Å². The summed E-state index contributed by atoms with van der Waals surface area (Å²) >= 11 is 0. The van der Waals surface area contributed by atoms with Gasteiger partial charge < -0.3 is 10.1 Å². The summed E-state index contributed by atoms with van der Waals surface area (Å²) in [4.78, 5) is 0. The molecule has 0 amide bonds. The maximum Gasteiger partial charge on any atom is 0.125 e. The van der Waals surface area contributed by atoms with Crippen LogP contribution in [0.2, 0.25) is 0 Å². The molecule has 1 rings (SSSR count). The first-order valence-electron chi connectivity index (χ1n) is 5.23. The number of halogens is 1. The van der Waals surface area contributed by atoms with Gasteiger partial charge in [0.2, 0.25) is 0 Å². The van der Waals surface area contributed by atoms with Crippen molar-refractivity contribution in [1.29, 1.82) is 0 Å². The van der Waals surface area contributed by atoms with E-state index < -0.39 is 0 Å². The Balaban J connectivity index is 2.56. The van der Waals surface area contributed by atoms with Crippen molar-refractivity contribution in [1.82, 2.24) is 0 Å². The van der Waals surface area contributed by atoms with Crippen molar-refractivity contribution in [3.63, 3.8) is 0 Å². The highest BCUT2D eigenvalue weighted by Gasteiger charge is 2.03. The third kappa shape index (κ3) is 4.30. The normalized spacial score (nSPS) is 12.5. The van der Waals surface area contributed by atoms with Gasteiger partial charge in [-0.1, -0.05) is 0 Å². The second-order valence-electron chi connectivity index (χ2n) is 3.72. The molecule has 0 aliphatic carbocycles. The molecule has 0 spiro atoms. The zero-order valence-corrected chi connectivity index (χ0v) is 9.51. The van der Waals surface area contributed by atoms with Crippen molar-refractivity contribution >= 4 is 5.69 Å². The van der Waals surface area contributed by atoms with Gasteiger partial charge in [-0.15, -0.1) is 0 Å². The molecule has 1 atom stereocenters. The molecule has 1 aromatic carbocycles. The Kier molecular flexibility index (Phi) is 4.56. The lowest BCUT2D eigenvalue weighted by Crippen LogP contribution is -2.21. The molecule has 0 bridgehead atoms. The van der Waals surface area contributed by atoms with Gasteiger partial charge in [0.1, 0.15) is 5.82 Å². The van der Waals surface area contributed by atoms with Crippen LogP contribution in [0.3, 0.4) is 0 Å². The molecule has 0 fully saturated rings. The predicted octanol–water partition coefficient (Wildman–Crippen LogP) is 2.97. The molecule has 0 heterocycles. The third-order valence-electron chi connectivity index (χ3n) is 2.03. The summed E-state index contributed by atoms with van der Waals surface area (Å²) in [5, 5.41) is 3.19. The Labute approximate surface area is 90.4 Å². The fourth-order valence-corrected chi connectivity index (χ4v) is 1.44. The first-order valence-corrected chi connectivity index (χ1v) is 5.23. The quantitative estimate of drug-likeness (QED) is 0.808. The maximum atomic E-state index is 13.1. The fourth-order valence-electron chi connectivity index (χ4n) is 1.44. The van der Waals surface area contributed by atoms with E-state index in [2.05, 4.69) is 5.32 Å². The van der Waals surface area contributed by atoms with Gasteiger partial charge in [-0.3, -0.25) is 0 Å². The van der Waals surface area contributed by atoms with E-state index in [0.717, 1.165) is 11.3 Å². The number of benzene rings is 1. The van der Waals surface area contributed by atoms with Gasteiger partial charge in [0.15, 0.2) is 0 Å². The first-order chi connectivity index (χ1) is 7.11. The zero-order chi connectivity index (χ0) is 11.3. The summed E-state index contributed by atoms with van der Waals surface area (Å²) in [6, 6.07) is 5.12. The van der Waals surface area contributed by atoms with E-state index in [1.165, 1.54) is 12.1 Å². The Morgan fingerprint density at radius 3 is 2.73 bits per heavy atom. The lowest BCUT2D eigenvalue weighted by molar-refractivity contribution is 0.141. The lowest BCUT2D eigenvalue weighted by Gasteiger charge is -2.15. The molecule has 0 aromatic heterocycles. The van der Waals surface area contributed by atoms with Crippen molar-refractivity contribution in [3.05, 3.63) is 29.6 Å². The minimum atomic E-state index is -0.207. The molecule has 0 aliphatic heterocycles. The average molecular weight is 211 g/mol. The Bertz CT molecular complexity index is 294.